The summed E-state index contributed by atoms with van der Waals surface area (Å²) in [6.07, 6.45) is -0.417. The average Bonchev–Trinajstić information content (AvgIpc) is 2.33. The van der Waals surface area contributed by atoms with E-state index in [0.717, 1.165) is 13.8 Å². The molecular formula is C7H12F3N. The zero-order valence-corrected chi connectivity index (χ0v) is 6.63. The maximum absolute atomic E-state index is 13.2. The molecule has 0 aliphatic heterocycles. The van der Waals surface area contributed by atoms with Crippen molar-refractivity contribution in [1.29, 1.82) is 0 Å². The summed E-state index contributed by atoms with van der Waals surface area (Å²) >= 11 is 0. The fourth-order valence-electron chi connectivity index (χ4n) is 1.44. The largest absolute Gasteiger partial charge is 0.330 e. The van der Waals surface area contributed by atoms with Gasteiger partial charge in [0.1, 0.15) is 5.67 Å². The van der Waals surface area contributed by atoms with Gasteiger partial charge in [0, 0.05) is 13.0 Å². The van der Waals surface area contributed by atoms with Crippen LogP contribution >= 0.6 is 0 Å². The van der Waals surface area contributed by atoms with Crippen LogP contribution in [-0.2, 0) is 0 Å². The Morgan fingerprint density at radius 1 is 1.45 bits per heavy atom. The maximum Gasteiger partial charge on any atom is 0.259 e. The lowest BCUT2D eigenvalue weighted by molar-refractivity contribution is -0.00676. The van der Waals surface area contributed by atoms with Gasteiger partial charge in [-0.3, -0.25) is 0 Å². The Kier molecular flexibility index (Phi) is 1.54. The minimum Gasteiger partial charge on any atom is -0.330 e. The summed E-state index contributed by atoms with van der Waals surface area (Å²) in [6.45, 7) is 2.02. The van der Waals surface area contributed by atoms with Crippen molar-refractivity contribution in [1.82, 2.24) is 0 Å². The minimum atomic E-state index is -2.90. The Hall–Kier alpha value is -0.250. The van der Waals surface area contributed by atoms with Gasteiger partial charge in [-0.1, -0.05) is 0 Å². The predicted octanol–water partition coefficient (Wildman–Crippen LogP) is 1.72. The number of hydrogen-bond donors (Lipinski definition) is 1. The number of halogens is 3. The second-order valence-electron chi connectivity index (χ2n) is 3.64. The zero-order valence-electron chi connectivity index (χ0n) is 6.63. The van der Waals surface area contributed by atoms with Crippen LogP contribution in [0.3, 0.4) is 0 Å². The van der Waals surface area contributed by atoms with Gasteiger partial charge in [0.15, 0.2) is 0 Å². The van der Waals surface area contributed by atoms with Crippen molar-refractivity contribution in [3.8, 4) is 0 Å². The summed E-state index contributed by atoms with van der Waals surface area (Å²) < 4.78 is 38.4. The second kappa shape index (κ2) is 1.91. The van der Waals surface area contributed by atoms with Crippen LogP contribution in [0, 0.1) is 5.41 Å². The summed E-state index contributed by atoms with van der Waals surface area (Å²) in [5.74, 6) is -2.90. The Bertz CT molecular complexity index is 173. The van der Waals surface area contributed by atoms with Crippen molar-refractivity contribution in [3.63, 3.8) is 0 Å². The molecule has 1 aliphatic carbocycles. The molecule has 1 unspecified atom stereocenters. The van der Waals surface area contributed by atoms with Crippen LogP contribution in [0.2, 0.25) is 0 Å². The minimum absolute atomic E-state index is 0.288. The molecule has 0 aromatic carbocycles. The van der Waals surface area contributed by atoms with Gasteiger partial charge >= 0.3 is 0 Å². The van der Waals surface area contributed by atoms with Crippen LogP contribution in [0.1, 0.15) is 20.3 Å². The van der Waals surface area contributed by atoms with Crippen molar-refractivity contribution in [3.05, 3.63) is 0 Å². The predicted molar refractivity (Wildman–Crippen MR) is 36.2 cm³/mol. The third-order valence-corrected chi connectivity index (χ3v) is 2.59. The van der Waals surface area contributed by atoms with Gasteiger partial charge in [-0.05, 0) is 13.8 Å². The fraction of sp³-hybridized carbons (Fsp3) is 1.00. The Balaban J connectivity index is 2.84. The third kappa shape index (κ3) is 0.956. The monoisotopic (exact) mass is 167 g/mol. The van der Waals surface area contributed by atoms with Crippen LogP contribution in [0.15, 0.2) is 0 Å². The van der Waals surface area contributed by atoms with Crippen LogP contribution in [0.5, 0.6) is 0 Å². The van der Waals surface area contributed by atoms with Gasteiger partial charge in [0.05, 0.1) is 5.41 Å². The smallest absolute Gasteiger partial charge is 0.259 e. The number of nitrogens with two attached hydrogens (primary N) is 1. The normalized spacial score (nSPS) is 35.5. The quantitative estimate of drug-likeness (QED) is 0.665. The van der Waals surface area contributed by atoms with Crippen molar-refractivity contribution in [2.24, 2.45) is 11.1 Å². The molecule has 4 heteroatoms. The second-order valence-corrected chi connectivity index (χ2v) is 3.64. The first-order chi connectivity index (χ1) is 4.77. The zero-order chi connectivity index (χ0) is 8.91. The van der Waals surface area contributed by atoms with E-state index in [-0.39, 0.29) is 6.54 Å². The standard InChI is InChI=1S/C7H12F3N/c1-5(2,8)6(4-11)3-7(6,9)10/h3-4,11H2,1-2H3. The van der Waals surface area contributed by atoms with Gasteiger partial charge < -0.3 is 5.73 Å². The van der Waals surface area contributed by atoms with E-state index in [1.54, 1.807) is 0 Å². The molecule has 1 fully saturated rings. The molecule has 1 atom stereocenters. The van der Waals surface area contributed by atoms with E-state index in [4.69, 9.17) is 5.73 Å². The molecule has 1 nitrogen and oxygen atoms in total. The van der Waals surface area contributed by atoms with Crippen LogP contribution in [0.4, 0.5) is 13.2 Å². The maximum atomic E-state index is 13.2. The molecule has 66 valence electrons. The lowest BCUT2D eigenvalue weighted by Gasteiger charge is -2.25. The summed E-state index contributed by atoms with van der Waals surface area (Å²) in [6, 6.07) is 0. The molecule has 0 spiro atoms. The van der Waals surface area contributed by atoms with Crippen LogP contribution in [0.25, 0.3) is 0 Å². The molecule has 0 amide bonds. The van der Waals surface area contributed by atoms with Crippen molar-refractivity contribution in [2.45, 2.75) is 31.9 Å². The topological polar surface area (TPSA) is 26.0 Å². The molecule has 0 radical (unpaired) electrons. The summed E-state index contributed by atoms with van der Waals surface area (Å²) in [4.78, 5) is 0. The Morgan fingerprint density at radius 3 is 1.82 bits per heavy atom. The van der Waals surface area contributed by atoms with Gasteiger partial charge in [0.2, 0.25) is 0 Å². The molecular weight excluding hydrogens is 155 g/mol. The van der Waals surface area contributed by atoms with Crippen molar-refractivity contribution < 1.29 is 13.2 Å². The SMILES string of the molecule is CC(C)(F)C1(CN)CC1(F)F. The molecule has 1 rings (SSSR count). The highest BCUT2D eigenvalue weighted by Crippen LogP contribution is 2.66. The summed E-state index contributed by atoms with van der Waals surface area (Å²) in [7, 11) is 0. The van der Waals surface area contributed by atoms with Crippen molar-refractivity contribution >= 4 is 0 Å². The van der Waals surface area contributed by atoms with Gasteiger partial charge in [-0.25, -0.2) is 13.2 Å². The van der Waals surface area contributed by atoms with E-state index < -0.39 is 23.4 Å². The highest BCUT2D eigenvalue weighted by molar-refractivity contribution is 5.18. The lowest BCUT2D eigenvalue weighted by Crippen LogP contribution is -2.39. The lowest BCUT2D eigenvalue weighted by atomic mass is 9.89. The number of alkyl halides is 3. The molecule has 1 aliphatic rings. The first-order valence-corrected chi connectivity index (χ1v) is 3.54. The Labute approximate surface area is 63.8 Å². The molecule has 2 N–H and O–H groups in total. The van der Waals surface area contributed by atoms with Crippen molar-refractivity contribution in [2.75, 3.05) is 6.54 Å². The molecule has 0 aromatic heterocycles. The van der Waals surface area contributed by atoms with Gasteiger partial charge in [-0.2, -0.15) is 0 Å². The van der Waals surface area contributed by atoms with E-state index in [9.17, 15) is 13.2 Å². The first-order valence-electron chi connectivity index (χ1n) is 3.54. The molecule has 0 heterocycles. The third-order valence-electron chi connectivity index (χ3n) is 2.59. The molecule has 1 saturated carbocycles. The first kappa shape index (κ1) is 8.84. The van der Waals surface area contributed by atoms with E-state index in [1.807, 2.05) is 0 Å². The van der Waals surface area contributed by atoms with E-state index in [2.05, 4.69) is 0 Å². The summed E-state index contributed by atoms with van der Waals surface area (Å²) in [5.41, 5.74) is 1.63. The molecule has 0 saturated heterocycles. The van der Waals surface area contributed by atoms with Gasteiger partial charge in [-0.15, -0.1) is 0 Å². The summed E-state index contributed by atoms with van der Waals surface area (Å²) in [5, 5.41) is 0. The average molecular weight is 167 g/mol. The Morgan fingerprint density at radius 2 is 1.82 bits per heavy atom. The van der Waals surface area contributed by atoms with E-state index >= 15 is 0 Å². The van der Waals surface area contributed by atoms with Crippen LogP contribution in [-0.4, -0.2) is 18.1 Å². The van der Waals surface area contributed by atoms with E-state index in [1.165, 1.54) is 0 Å². The van der Waals surface area contributed by atoms with Gasteiger partial charge in [0.25, 0.3) is 5.92 Å². The molecule has 0 aromatic rings. The van der Waals surface area contributed by atoms with Crippen LogP contribution < -0.4 is 5.73 Å². The number of hydrogen-bond acceptors (Lipinski definition) is 1. The molecule has 0 bridgehead atoms. The molecule has 11 heavy (non-hydrogen) atoms. The fourth-order valence-corrected chi connectivity index (χ4v) is 1.44. The highest BCUT2D eigenvalue weighted by Gasteiger charge is 2.77. The number of rotatable bonds is 2. The van der Waals surface area contributed by atoms with E-state index in [0.29, 0.717) is 0 Å². The highest BCUT2D eigenvalue weighted by atomic mass is 19.3.